The lowest BCUT2D eigenvalue weighted by molar-refractivity contribution is -0.103. The predicted molar refractivity (Wildman–Crippen MR) is 117 cm³/mol. The van der Waals surface area contributed by atoms with Crippen molar-refractivity contribution in [3.05, 3.63) is 52.8 Å². The van der Waals surface area contributed by atoms with Crippen LogP contribution in [0.1, 0.15) is 41.6 Å². The number of amides is 1. The van der Waals surface area contributed by atoms with Gasteiger partial charge in [-0.3, -0.25) is 10.2 Å². The number of fused-ring (bicyclic) bond motifs is 3. The molecule has 1 fully saturated rings. The van der Waals surface area contributed by atoms with Gasteiger partial charge in [-0.25, -0.2) is 9.97 Å². The Morgan fingerprint density at radius 2 is 2.12 bits per heavy atom. The SMILES string of the molecule is C[C@@H]1COC[C@H](C2=CC=C(OC(F)F)NN2)N1C(=O)c1cc2c3c(c(N)nc2cn1)[C@@H](C)OC3. The van der Waals surface area contributed by atoms with Crippen molar-refractivity contribution < 1.29 is 27.8 Å². The van der Waals surface area contributed by atoms with Gasteiger partial charge in [-0.2, -0.15) is 8.78 Å². The highest BCUT2D eigenvalue weighted by atomic mass is 19.3. The van der Waals surface area contributed by atoms with Gasteiger partial charge in [0, 0.05) is 17.0 Å². The highest BCUT2D eigenvalue weighted by molar-refractivity contribution is 5.97. The van der Waals surface area contributed by atoms with Crippen LogP contribution in [0.3, 0.4) is 0 Å². The zero-order chi connectivity index (χ0) is 24.0. The van der Waals surface area contributed by atoms with Crippen molar-refractivity contribution in [2.24, 2.45) is 0 Å². The van der Waals surface area contributed by atoms with E-state index in [0.717, 1.165) is 16.5 Å². The molecule has 12 heteroatoms. The largest absolute Gasteiger partial charge is 0.418 e. The highest BCUT2D eigenvalue weighted by Gasteiger charge is 2.37. The summed E-state index contributed by atoms with van der Waals surface area (Å²) in [4.78, 5) is 24.1. The Balaban J connectivity index is 1.48. The summed E-state index contributed by atoms with van der Waals surface area (Å²) >= 11 is 0. The van der Waals surface area contributed by atoms with E-state index in [-0.39, 0.29) is 36.2 Å². The molecule has 0 unspecified atom stereocenters. The summed E-state index contributed by atoms with van der Waals surface area (Å²) in [6, 6.07) is 0.968. The molecule has 1 amide bonds. The summed E-state index contributed by atoms with van der Waals surface area (Å²) < 4.78 is 40.7. The van der Waals surface area contributed by atoms with Crippen LogP contribution in [0, 0.1) is 0 Å². The maximum absolute atomic E-state index is 13.7. The summed E-state index contributed by atoms with van der Waals surface area (Å²) in [6.45, 7) is 1.79. The van der Waals surface area contributed by atoms with E-state index in [2.05, 4.69) is 25.6 Å². The molecule has 5 heterocycles. The number of carbonyl (C=O) groups is 1. The maximum atomic E-state index is 13.7. The van der Waals surface area contributed by atoms with E-state index in [1.54, 1.807) is 23.2 Å². The van der Waals surface area contributed by atoms with Crippen molar-refractivity contribution in [2.45, 2.75) is 45.3 Å². The smallest absolute Gasteiger partial charge is 0.388 e. The van der Waals surface area contributed by atoms with Gasteiger partial charge in [0.05, 0.1) is 55.4 Å². The fraction of sp³-hybridized carbons (Fsp3) is 0.409. The number of anilines is 1. The number of ether oxygens (including phenoxy) is 3. The summed E-state index contributed by atoms with van der Waals surface area (Å²) in [5.74, 6) is -0.0162. The first-order valence-electron chi connectivity index (χ1n) is 10.8. The normalized spacial score (nSPS) is 24.3. The molecule has 10 nitrogen and oxygen atoms in total. The molecule has 0 spiro atoms. The van der Waals surface area contributed by atoms with E-state index in [1.165, 1.54) is 6.08 Å². The second-order valence-corrected chi connectivity index (χ2v) is 8.33. The number of allylic oxidation sites excluding steroid dienone is 2. The minimum atomic E-state index is -2.95. The van der Waals surface area contributed by atoms with Gasteiger partial charge in [-0.1, -0.05) is 0 Å². The van der Waals surface area contributed by atoms with Crippen LogP contribution in [0.15, 0.2) is 36.0 Å². The molecule has 2 aromatic rings. The van der Waals surface area contributed by atoms with Crippen LogP contribution in [-0.4, -0.2) is 52.7 Å². The molecule has 0 radical (unpaired) electrons. The summed E-state index contributed by atoms with van der Waals surface area (Å²) in [5, 5.41) is 0.776. The number of hydrazine groups is 1. The standard InChI is InChI=1S/C22H24F2N6O4/c1-10-7-32-9-17(14-3-4-18(29-28-14)34-22(23)24)30(10)21(31)15-5-12-13-8-33-11(2)19(13)20(25)27-16(12)6-26-15/h3-6,10-11,17,22,28-29H,7-9H2,1-2H3,(H2,25,27)/t10-,11-,17-/m1/s1. The first-order valence-corrected chi connectivity index (χ1v) is 10.8. The number of nitrogen functional groups attached to an aromatic ring is 1. The van der Waals surface area contributed by atoms with Gasteiger partial charge in [0.1, 0.15) is 11.5 Å². The van der Waals surface area contributed by atoms with Crippen LogP contribution in [0.5, 0.6) is 0 Å². The van der Waals surface area contributed by atoms with Crippen LogP contribution in [0.2, 0.25) is 0 Å². The Morgan fingerprint density at radius 3 is 2.85 bits per heavy atom. The fourth-order valence-corrected chi connectivity index (χ4v) is 4.56. The number of hydrogen-bond donors (Lipinski definition) is 3. The van der Waals surface area contributed by atoms with E-state index in [4.69, 9.17) is 15.2 Å². The number of nitrogens with zero attached hydrogens (tertiary/aromatic N) is 3. The molecule has 0 saturated carbocycles. The molecule has 4 N–H and O–H groups in total. The van der Waals surface area contributed by atoms with E-state index < -0.39 is 12.7 Å². The number of aromatic nitrogens is 2. The number of rotatable bonds is 4. The zero-order valence-electron chi connectivity index (χ0n) is 18.5. The molecule has 0 aromatic carbocycles. The molecule has 3 aliphatic rings. The Hall–Kier alpha value is -3.51. The number of pyridine rings is 2. The summed E-state index contributed by atoms with van der Waals surface area (Å²) in [7, 11) is 0. The molecule has 5 rings (SSSR count). The summed E-state index contributed by atoms with van der Waals surface area (Å²) in [5.41, 5.74) is 14.7. The van der Waals surface area contributed by atoms with Gasteiger partial charge in [-0.15, -0.1) is 0 Å². The second-order valence-electron chi connectivity index (χ2n) is 8.33. The molecule has 3 aliphatic heterocycles. The monoisotopic (exact) mass is 474 g/mol. The van der Waals surface area contributed by atoms with Crippen molar-refractivity contribution in [3.8, 4) is 0 Å². The number of alkyl halides is 2. The third-order valence-electron chi connectivity index (χ3n) is 6.15. The topological polar surface area (TPSA) is 124 Å². The number of nitrogens with two attached hydrogens (primary N) is 1. The van der Waals surface area contributed by atoms with Gasteiger partial charge in [-0.05, 0) is 31.6 Å². The third kappa shape index (κ3) is 3.88. The fourth-order valence-electron chi connectivity index (χ4n) is 4.56. The molecule has 0 bridgehead atoms. The quantitative estimate of drug-likeness (QED) is 0.611. The Morgan fingerprint density at radius 1 is 1.29 bits per heavy atom. The average molecular weight is 474 g/mol. The molecule has 34 heavy (non-hydrogen) atoms. The van der Waals surface area contributed by atoms with Gasteiger partial charge < -0.3 is 30.3 Å². The molecule has 0 aliphatic carbocycles. The second kappa shape index (κ2) is 8.69. The Labute approximate surface area is 193 Å². The number of hydrogen-bond acceptors (Lipinski definition) is 9. The first-order chi connectivity index (χ1) is 16.3. The number of halogens is 2. The highest BCUT2D eigenvalue weighted by Crippen LogP contribution is 2.38. The first kappa shape index (κ1) is 22.3. The Bertz CT molecular complexity index is 1200. The predicted octanol–water partition coefficient (Wildman–Crippen LogP) is 2.10. The average Bonchev–Trinajstić information content (AvgIpc) is 3.21. The van der Waals surface area contributed by atoms with Crippen LogP contribution in [0.25, 0.3) is 10.9 Å². The van der Waals surface area contributed by atoms with Gasteiger partial charge in [0.15, 0.2) is 0 Å². The minimum absolute atomic E-state index is 0.130. The minimum Gasteiger partial charge on any atom is -0.418 e. The number of morpholine rings is 1. The maximum Gasteiger partial charge on any atom is 0.388 e. The van der Waals surface area contributed by atoms with Crippen LogP contribution < -0.4 is 16.6 Å². The Kier molecular flexibility index (Phi) is 5.70. The van der Waals surface area contributed by atoms with Crippen molar-refractivity contribution in [2.75, 3.05) is 18.9 Å². The van der Waals surface area contributed by atoms with Crippen molar-refractivity contribution >= 4 is 22.6 Å². The van der Waals surface area contributed by atoms with Gasteiger partial charge >= 0.3 is 6.61 Å². The molecular weight excluding hydrogens is 450 g/mol. The van der Waals surface area contributed by atoms with Crippen LogP contribution in [-0.2, 0) is 20.8 Å². The molecular formula is C22H24F2N6O4. The zero-order valence-corrected chi connectivity index (χ0v) is 18.5. The van der Waals surface area contributed by atoms with Crippen LogP contribution >= 0.6 is 0 Å². The van der Waals surface area contributed by atoms with E-state index >= 15 is 0 Å². The molecule has 1 saturated heterocycles. The lowest BCUT2D eigenvalue weighted by atomic mass is 10.0. The van der Waals surface area contributed by atoms with E-state index in [1.807, 2.05) is 13.8 Å². The number of nitrogens with one attached hydrogen (secondary N) is 2. The van der Waals surface area contributed by atoms with Gasteiger partial charge in [0.25, 0.3) is 5.91 Å². The van der Waals surface area contributed by atoms with Gasteiger partial charge in [0.2, 0.25) is 5.88 Å². The third-order valence-corrected chi connectivity index (χ3v) is 6.15. The lowest BCUT2D eigenvalue weighted by Gasteiger charge is -2.42. The van der Waals surface area contributed by atoms with Crippen molar-refractivity contribution in [1.29, 1.82) is 0 Å². The molecule has 3 atom stereocenters. The van der Waals surface area contributed by atoms with Crippen molar-refractivity contribution in [3.63, 3.8) is 0 Å². The van der Waals surface area contributed by atoms with E-state index in [9.17, 15) is 13.6 Å². The summed E-state index contributed by atoms with van der Waals surface area (Å²) in [6.07, 6.45) is 4.31. The van der Waals surface area contributed by atoms with E-state index in [0.29, 0.717) is 30.2 Å². The van der Waals surface area contributed by atoms with Crippen molar-refractivity contribution in [1.82, 2.24) is 25.7 Å². The molecule has 2 aromatic heterocycles. The molecule has 180 valence electrons. The lowest BCUT2D eigenvalue weighted by Crippen LogP contribution is -2.57. The van der Waals surface area contributed by atoms with Crippen LogP contribution in [0.4, 0.5) is 14.6 Å². The number of carbonyl (C=O) groups excluding carboxylic acids is 1.